The minimum Gasteiger partial charge on any atom is -1.00 e. The zero-order chi connectivity index (χ0) is 13.0. The first kappa shape index (κ1) is 16.6. The van der Waals surface area contributed by atoms with Crippen LogP contribution < -0.4 is 33.6 Å². The number of halogens is 1. The highest BCUT2D eigenvalue weighted by molar-refractivity contribution is 5.50. The van der Waals surface area contributed by atoms with Crippen LogP contribution in [-0.4, -0.2) is 50.9 Å². The second-order valence-electron chi connectivity index (χ2n) is 5.11. The van der Waals surface area contributed by atoms with E-state index >= 15 is 0 Å². The molecule has 1 heterocycles. The number of nitrogens with zero attached hydrogens (tertiary/aromatic N) is 2. The maximum absolute atomic E-state index is 5.30. The molecule has 2 rings (SSSR count). The molecule has 1 aromatic rings. The lowest BCUT2D eigenvalue weighted by atomic mass is 10.2. The summed E-state index contributed by atoms with van der Waals surface area (Å²) >= 11 is 0. The van der Waals surface area contributed by atoms with Crippen LogP contribution in [0.2, 0.25) is 0 Å². The fraction of sp³-hybridized carbons (Fsp3) is 0.600. The van der Waals surface area contributed by atoms with Crippen molar-refractivity contribution in [2.75, 3.05) is 51.3 Å². The van der Waals surface area contributed by atoms with Gasteiger partial charge >= 0.3 is 0 Å². The normalized spacial score (nSPS) is 17.7. The molecule has 0 radical (unpaired) electrons. The van der Waals surface area contributed by atoms with E-state index in [1.807, 2.05) is 6.07 Å². The summed E-state index contributed by atoms with van der Waals surface area (Å²) in [6, 6.07) is 8.40. The van der Waals surface area contributed by atoms with Gasteiger partial charge in [0.2, 0.25) is 0 Å². The molecule has 1 aromatic carbocycles. The van der Waals surface area contributed by atoms with Crippen molar-refractivity contribution in [3.05, 3.63) is 24.3 Å². The Kier molecular flexibility index (Phi) is 6.39. The minimum atomic E-state index is 0. The standard InChI is InChI=1S/C15H25N2O.HI/c1-4-17(5-2)11-9-16(10-12-17)14-7-6-8-15(13-14)18-3;/h6-8,13H,4-5,9-12H2,1-3H3;1H/q+1;/p-1. The first-order chi connectivity index (χ1) is 8.73. The number of anilines is 1. The Bertz CT molecular complexity index is 383. The fourth-order valence-corrected chi connectivity index (χ4v) is 2.81. The van der Waals surface area contributed by atoms with Gasteiger partial charge < -0.3 is 38.1 Å². The van der Waals surface area contributed by atoms with E-state index in [0.717, 1.165) is 18.8 Å². The van der Waals surface area contributed by atoms with Gasteiger partial charge in [0.15, 0.2) is 0 Å². The molecule has 0 aromatic heterocycles. The summed E-state index contributed by atoms with van der Waals surface area (Å²) in [6.07, 6.45) is 0. The average Bonchev–Trinajstić information content (AvgIpc) is 2.47. The fourth-order valence-electron chi connectivity index (χ4n) is 2.81. The van der Waals surface area contributed by atoms with E-state index < -0.39 is 0 Å². The van der Waals surface area contributed by atoms with Crippen LogP contribution in [0, 0.1) is 0 Å². The van der Waals surface area contributed by atoms with Crippen molar-refractivity contribution in [1.29, 1.82) is 0 Å². The van der Waals surface area contributed by atoms with Gasteiger partial charge in [0.1, 0.15) is 5.75 Å². The number of rotatable bonds is 4. The molecular weight excluding hydrogens is 351 g/mol. The number of hydrogen-bond acceptors (Lipinski definition) is 2. The molecule has 0 amide bonds. The van der Waals surface area contributed by atoms with Crippen molar-refractivity contribution in [1.82, 2.24) is 0 Å². The van der Waals surface area contributed by atoms with Crippen LogP contribution in [0.1, 0.15) is 13.8 Å². The van der Waals surface area contributed by atoms with Crippen LogP contribution in [0.15, 0.2) is 24.3 Å². The summed E-state index contributed by atoms with van der Waals surface area (Å²) in [7, 11) is 1.73. The Morgan fingerprint density at radius 3 is 2.32 bits per heavy atom. The molecule has 1 fully saturated rings. The number of likely N-dealkylation sites (N-methyl/N-ethyl adjacent to an activating group) is 1. The van der Waals surface area contributed by atoms with Crippen LogP contribution in [0.3, 0.4) is 0 Å². The van der Waals surface area contributed by atoms with E-state index in [0.29, 0.717) is 0 Å². The van der Waals surface area contributed by atoms with Crippen molar-refractivity contribution in [3.8, 4) is 5.75 Å². The number of methoxy groups -OCH3 is 1. The Labute approximate surface area is 134 Å². The van der Waals surface area contributed by atoms with Crippen molar-refractivity contribution < 1.29 is 33.2 Å². The maximum Gasteiger partial charge on any atom is 0.120 e. The Balaban J connectivity index is 0.00000180. The average molecular weight is 376 g/mol. The molecule has 19 heavy (non-hydrogen) atoms. The van der Waals surface area contributed by atoms with E-state index in [1.54, 1.807) is 7.11 Å². The predicted octanol–water partition coefficient (Wildman–Crippen LogP) is -0.624. The lowest BCUT2D eigenvalue weighted by Crippen LogP contribution is -3.00. The van der Waals surface area contributed by atoms with Gasteiger partial charge in [-0.05, 0) is 26.0 Å². The molecule has 0 unspecified atom stereocenters. The van der Waals surface area contributed by atoms with E-state index in [9.17, 15) is 0 Å². The van der Waals surface area contributed by atoms with Gasteiger partial charge in [-0.1, -0.05) is 6.07 Å². The predicted molar refractivity (Wildman–Crippen MR) is 76.3 cm³/mol. The first-order valence-corrected chi connectivity index (χ1v) is 6.97. The zero-order valence-corrected chi connectivity index (χ0v) is 14.4. The lowest BCUT2D eigenvalue weighted by Gasteiger charge is -2.44. The SMILES string of the molecule is CC[N+]1(CC)CCN(c2cccc(OC)c2)CC1.[I-]. The molecule has 4 heteroatoms. The van der Waals surface area contributed by atoms with Gasteiger partial charge in [-0.25, -0.2) is 0 Å². The van der Waals surface area contributed by atoms with Gasteiger partial charge in [-0.2, -0.15) is 0 Å². The third kappa shape index (κ3) is 3.75. The Morgan fingerprint density at radius 1 is 1.16 bits per heavy atom. The topological polar surface area (TPSA) is 12.5 Å². The summed E-state index contributed by atoms with van der Waals surface area (Å²) in [6.45, 7) is 11.9. The molecule has 1 aliphatic rings. The molecule has 0 aliphatic carbocycles. The molecule has 108 valence electrons. The highest BCUT2D eigenvalue weighted by Gasteiger charge is 2.29. The Morgan fingerprint density at radius 2 is 1.79 bits per heavy atom. The molecule has 0 saturated carbocycles. The van der Waals surface area contributed by atoms with Crippen molar-refractivity contribution in [3.63, 3.8) is 0 Å². The number of quaternary nitrogens is 1. The molecule has 1 saturated heterocycles. The molecule has 0 spiro atoms. The molecule has 1 aliphatic heterocycles. The van der Waals surface area contributed by atoms with Crippen LogP contribution in [0.5, 0.6) is 5.75 Å². The van der Waals surface area contributed by atoms with Gasteiger partial charge in [-0.3, -0.25) is 0 Å². The summed E-state index contributed by atoms with van der Waals surface area (Å²) < 4.78 is 6.56. The van der Waals surface area contributed by atoms with Crippen LogP contribution >= 0.6 is 0 Å². The van der Waals surface area contributed by atoms with Gasteiger partial charge in [0.25, 0.3) is 0 Å². The summed E-state index contributed by atoms with van der Waals surface area (Å²) in [5.41, 5.74) is 1.29. The second kappa shape index (κ2) is 7.33. The summed E-state index contributed by atoms with van der Waals surface area (Å²) in [4.78, 5) is 2.48. The number of benzene rings is 1. The number of ether oxygens (including phenoxy) is 1. The van der Waals surface area contributed by atoms with Gasteiger partial charge in [0, 0.05) is 11.8 Å². The van der Waals surface area contributed by atoms with E-state index in [1.165, 1.54) is 36.3 Å². The van der Waals surface area contributed by atoms with Gasteiger partial charge in [-0.15, -0.1) is 0 Å². The van der Waals surface area contributed by atoms with Crippen molar-refractivity contribution >= 4 is 5.69 Å². The minimum absolute atomic E-state index is 0. The highest BCUT2D eigenvalue weighted by atomic mass is 127. The first-order valence-electron chi connectivity index (χ1n) is 6.97. The molecule has 3 nitrogen and oxygen atoms in total. The lowest BCUT2D eigenvalue weighted by molar-refractivity contribution is -0.925. The van der Waals surface area contributed by atoms with Crippen molar-refractivity contribution in [2.45, 2.75) is 13.8 Å². The zero-order valence-electron chi connectivity index (χ0n) is 12.2. The third-order valence-electron chi connectivity index (χ3n) is 4.45. The summed E-state index contributed by atoms with van der Waals surface area (Å²) in [5, 5.41) is 0. The quantitative estimate of drug-likeness (QED) is 0.513. The van der Waals surface area contributed by atoms with Crippen LogP contribution in [0.4, 0.5) is 5.69 Å². The highest BCUT2D eigenvalue weighted by Crippen LogP contribution is 2.23. The molecule has 0 atom stereocenters. The maximum atomic E-state index is 5.30. The van der Waals surface area contributed by atoms with E-state index in [2.05, 4.69) is 36.9 Å². The third-order valence-corrected chi connectivity index (χ3v) is 4.45. The number of piperazine rings is 1. The van der Waals surface area contributed by atoms with Crippen LogP contribution in [0.25, 0.3) is 0 Å². The van der Waals surface area contributed by atoms with Crippen molar-refractivity contribution in [2.24, 2.45) is 0 Å². The van der Waals surface area contributed by atoms with E-state index in [4.69, 9.17) is 4.74 Å². The second-order valence-corrected chi connectivity index (χ2v) is 5.11. The van der Waals surface area contributed by atoms with Crippen LogP contribution in [-0.2, 0) is 0 Å². The largest absolute Gasteiger partial charge is 1.00 e. The summed E-state index contributed by atoms with van der Waals surface area (Å²) in [5.74, 6) is 0.949. The molecular formula is C15H25IN2O. The Hall–Kier alpha value is -0.490. The molecule has 0 bridgehead atoms. The van der Waals surface area contributed by atoms with Gasteiger partial charge in [0.05, 0.1) is 46.4 Å². The van der Waals surface area contributed by atoms with E-state index in [-0.39, 0.29) is 24.0 Å². The monoisotopic (exact) mass is 376 g/mol. The molecule has 0 N–H and O–H groups in total. The smallest absolute Gasteiger partial charge is 0.120 e. The number of hydrogen-bond donors (Lipinski definition) is 0.